The summed E-state index contributed by atoms with van der Waals surface area (Å²) in [5.41, 5.74) is 6.85. The lowest BCUT2D eigenvalue weighted by Gasteiger charge is -2.09. The predicted molar refractivity (Wildman–Crippen MR) is 73.7 cm³/mol. The van der Waals surface area contributed by atoms with Gasteiger partial charge >= 0.3 is 0 Å². The maximum atomic E-state index is 14.0. The number of halogens is 2. The van der Waals surface area contributed by atoms with Crippen LogP contribution < -0.4 is 5.73 Å². The number of nitrogen functional groups attached to an aromatic ring is 1. The van der Waals surface area contributed by atoms with Crippen molar-refractivity contribution in [2.24, 2.45) is 0 Å². The lowest BCUT2D eigenvalue weighted by atomic mass is 10.1. The highest BCUT2D eigenvalue weighted by Gasteiger charge is 2.17. The van der Waals surface area contributed by atoms with Gasteiger partial charge in [0, 0.05) is 11.3 Å². The Morgan fingerprint density at radius 1 is 1.10 bits per heavy atom. The zero-order chi connectivity index (χ0) is 15.0. The van der Waals surface area contributed by atoms with Gasteiger partial charge in [0.25, 0.3) is 0 Å². The molecule has 0 aliphatic carbocycles. The Morgan fingerprint density at radius 2 is 1.90 bits per heavy atom. The predicted octanol–water partition coefficient (Wildman–Crippen LogP) is 2.50. The van der Waals surface area contributed by atoms with Gasteiger partial charge in [-0.1, -0.05) is 6.07 Å². The highest BCUT2D eigenvalue weighted by molar-refractivity contribution is 5.62. The second-order valence-corrected chi connectivity index (χ2v) is 4.54. The first kappa shape index (κ1) is 13.2. The van der Waals surface area contributed by atoms with Crippen molar-refractivity contribution in [2.45, 2.75) is 6.92 Å². The average Bonchev–Trinajstić information content (AvgIpc) is 2.91. The summed E-state index contributed by atoms with van der Waals surface area (Å²) in [6, 6.07) is 8.77. The molecule has 1 aromatic heterocycles. The van der Waals surface area contributed by atoms with E-state index in [1.807, 2.05) is 0 Å². The third-order valence-corrected chi connectivity index (χ3v) is 3.17. The normalized spacial score (nSPS) is 10.8. The van der Waals surface area contributed by atoms with Crippen LogP contribution in [-0.4, -0.2) is 20.2 Å². The number of nitrogens with zero attached hydrogens (tertiary/aromatic N) is 4. The Hall–Kier alpha value is -2.83. The second kappa shape index (κ2) is 4.93. The van der Waals surface area contributed by atoms with Crippen LogP contribution in [0, 0.1) is 18.6 Å². The lowest BCUT2D eigenvalue weighted by Crippen LogP contribution is -2.04. The zero-order valence-corrected chi connectivity index (χ0v) is 11.1. The largest absolute Gasteiger partial charge is 0.399 e. The summed E-state index contributed by atoms with van der Waals surface area (Å²) in [5, 5.41) is 11.2. The SMILES string of the molecule is Cc1c(F)cccc1-n1nnnc1-c1ccc(N)cc1F. The smallest absolute Gasteiger partial charge is 0.190 e. The van der Waals surface area contributed by atoms with E-state index in [-0.39, 0.29) is 17.2 Å². The van der Waals surface area contributed by atoms with Crippen molar-refractivity contribution in [3.05, 3.63) is 53.6 Å². The van der Waals surface area contributed by atoms with E-state index >= 15 is 0 Å². The molecule has 0 fully saturated rings. The summed E-state index contributed by atoms with van der Waals surface area (Å²) >= 11 is 0. The van der Waals surface area contributed by atoms with Crippen molar-refractivity contribution in [2.75, 3.05) is 5.73 Å². The van der Waals surface area contributed by atoms with Crippen LogP contribution in [0.15, 0.2) is 36.4 Å². The topological polar surface area (TPSA) is 69.6 Å². The number of rotatable bonds is 2. The van der Waals surface area contributed by atoms with E-state index in [2.05, 4.69) is 15.5 Å². The summed E-state index contributed by atoms with van der Waals surface area (Å²) in [5.74, 6) is -0.743. The van der Waals surface area contributed by atoms with Crippen LogP contribution in [0.25, 0.3) is 17.1 Å². The average molecular weight is 287 g/mol. The Balaban J connectivity index is 2.20. The molecule has 5 nitrogen and oxygen atoms in total. The van der Waals surface area contributed by atoms with Crippen LogP contribution in [0.2, 0.25) is 0 Å². The first-order valence-electron chi connectivity index (χ1n) is 6.17. The van der Waals surface area contributed by atoms with Crippen molar-refractivity contribution in [1.29, 1.82) is 0 Å². The van der Waals surface area contributed by atoms with Crippen molar-refractivity contribution >= 4 is 5.69 Å². The number of tetrazole rings is 1. The number of nitrogens with two attached hydrogens (primary N) is 1. The van der Waals surface area contributed by atoms with Gasteiger partial charge in [-0.15, -0.1) is 5.10 Å². The molecule has 2 aromatic carbocycles. The van der Waals surface area contributed by atoms with Crippen LogP contribution in [0.5, 0.6) is 0 Å². The Labute approximate surface area is 119 Å². The van der Waals surface area contributed by atoms with E-state index in [0.29, 0.717) is 16.9 Å². The molecular weight excluding hydrogens is 276 g/mol. The first-order valence-corrected chi connectivity index (χ1v) is 6.17. The van der Waals surface area contributed by atoms with Gasteiger partial charge in [-0.25, -0.2) is 8.78 Å². The van der Waals surface area contributed by atoms with Gasteiger partial charge in [0.05, 0.1) is 11.3 Å². The van der Waals surface area contributed by atoms with Crippen LogP contribution in [0.3, 0.4) is 0 Å². The van der Waals surface area contributed by atoms with Crippen molar-refractivity contribution in [3.8, 4) is 17.1 Å². The number of aromatic nitrogens is 4. The number of benzene rings is 2. The second-order valence-electron chi connectivity index (χ2n) is 4.54. The van der Waals surface area contributed by atoms with Crippen molar-refractivity contribution in [3.63, 3.8) is 0 Å². The molecule has 0 spiro atoms. The molecule has 106 valence electrons. The van der Waals surface area contributed by atoms with Gasteiger partial charge < -0.3 is 5.73 Å². The number of anilines is 1. The van der Waals surface area contributed by atoms with Crippen LogP contribution in [-0.2, 0) is 0 Å². The number of hydrogen-bond donors (Lipinski definition) is 1. The molecule has 1 heterocycles. The van der Waals surface area contributed by atoms with E-state index in [0.717, 1.165) is 0 Å². The summed E-state index contributed by atoms with van der Waals surface area (Å²) in [6.07, 6.45) is 0. The fourth-order valence-corrected chi connectivity index (χ4v) is 2.06. The van der Waals surface area contributed by atoms with Crippen molar-refractivity contribution in [1.82, 2.24) is 20.2 Å². The fourth-order valence-electron chi connectivity index (χ4n) is 2.06. The molecule has 0 radical (unpaired) electrons. The molecule has 21 heavy (non-hydrogen) atoms. The van der Waals surface area contributed by atoms with E-state index in [1.165, 1.54) is 22.9 Å². The van der Waals surface area contributed by atoms with Gasteiger partial charge in [0.1, 0.15) is 11.6 Å². The van der Waals surface area contributed by atoms with Crippen LogP contribution in [0.4, 0.5) is 14.5 Å². The maximum absolute atomic E-state index is 14.0. The molecule has 7 heteroatoms. The van der Waals surface area contributed by atoms with Crippen LogP contribution >= 0.6 is 0 Å². The molecule has 3 rings (SSSR count). The molecule has 0 aliphatic rings. The number of hydrogen-bond acceptors (Lipinski definition) is 4. The van der Waals surface area contributed by atoms with Gasteiger partial charge in [-0.2, -0.15) is 4.68 Å². The van der Waals surface area contributed by atoms with E-state index in [4.69, 9.17) is 5.73 Å². The molecule has 0 saturated heterocycles. The van der Waals surface area contributed by atoms with Crippen LogP contribution in [0.1, 0.15) is 5.56 Å². The van der Waals surface area contributed by atoms with Gasteiger partial charge in [0.2, 0.25) is 0 Å². The summed E-state index contributed by atoms with van der Waals surface area (Å²) < 4.78 is 29.0. The van der Waals surface area contributed by atoms with Gasteiger partial charge in [-0.05, 0) is 47.7 Å². The summed E-state index contributed by atoms with van der Waals surface area (Å²) in [4.78, 5) is 0. The molecule has 0 bridgehead atoms. The van der Waals surface area contributed by atoms with E-state index in [1.54, 1.807) is 25.1 Å². The van der Waals surface area contributed by atoms with E-state index < -0.39 is 5.82 Å². The molecule has 3 aromatic rings. The highest BCUT2D eigenvalue weighted by Crippen LogP contribution is 2.25. The molecule has 2 N–H and O–H groups in total. The Kier molecular flexibility index (Phi) is 3.09. The molecule has 0 saturated carbocycles. The highest BCUT2D eigenvalue weighted by atomic mass is 19.1. The summed E-state index contributed by atoms with van der Waals surface area (Å²) in [7, 11) is 0. The molecular formula is C14H11F2N5. The molecule has 0 aliphatic heterocycles. The van der Waals surface area contributed by atoms with Gasteiger partial charge in [-0.3, -0.25) is 0 Å². The molecule has 0 atom stereocenters. The quantitative estimate of drug-likeness (QED) is 0.735. The fraction of sp³-hybridized carbons (Fsp3) is 0.0714. The minimum Gasteiger partial charge on any atom is -0.399 e. The van der Waals surface area contributed by atoms with Gasteiger partial charge in [0.15, 0.2) is 5.82 Å². The maximum Gasteiger partial charge on any atom is 0.190 e. The Morgan fingerprint density at radius 3 is 2.67 bits per heavy atom. The third kappa shape index (κ3) is 2.22. The molecule has 0 unspecified atom stereocenters. The van der Waals surface area contributed by atoms with Crippen molar-refractivity contribution < 1.29 is 8.78 Å². The minimum atomic E-state index is -0.542. The first-order chi connectivity index (χ1) is 10.1. The zero-order valence-electron chi connectivity index (χ0n) is 11.1. The Bertz CT molecular complexity index is 813. The van der Waals surface area contributed by atoms with E-state index in [9.17, 15) is 8.78 Å². The monoisotopic (exact) mass is 287 g/mol. The summed E-state index contributed by atoms with van der Waals surface area (Å²) in [6.45, 7) is 1.61. The minimum absolute atomic E-state index is 0.182. The molecule has 0 amide bonds. The lowest BCUT2D eigenvalue weighted by molar-refractivity contribution is 0.614. The third-order valence-electron chi connectivity index (χ3n) is 3.17. The standard InChI is InChI=1S/C14H11F2N5/c1-8-11(15)3-2-4-13(8)21-14(18-19-20-21)10-6-5-9(17)7-12(10)16/h2-7H,17H2,1H3.